The molecule has 322 valence electrons. The minimum atomic E-state index is -4.78. The fraction of sp³-hybridized carbons (Fsp3) is 0.239. The van der Waals surface area contributed by atoms with Crippen LogP contribution < -0.4 is 25.1 Å². The molecule has 1 saturated carbocycles. The Morgan fingerprint density at radius 3 is 2.19 bits per heavy atom. The number of amides is 4. The summed E-state index contributed by atoms with van der Waals surface area (Å²) in [6.45, 7) is 0. The number of aromatic hydroxyl groups is 1. The first-order valence-corrected chi connectivity index (χ1v) is 20.5. The number of fused-ring (bicyclic) bond motifs is 4. The number of alkyl halides is 3. The molecule has 1 aromatic heterocycles. The van der Waals surface area contributed by atoms with E-state index in [0.29, 0.717) is 39.1 Å². The Hall–Kier alpha value is -6.58. The van der Waals surface area contributed by atoms with E-state index in [1.165, 1.54) is 26.4 Å². The van der Waals surface area contributed by atoms with Crippen LogP contribution in [0.25, 0.3) is 0 Å². The maximum atomic E-state index is 15.6. The first-order valence-electron chi connectivity index (χ1n) is 19.8. The highest BCUT2D eigenvalue weighted by molar-refractivity contribution is 6.33. The number of ether oxygens (including phenoxy) is 2. The van der Waals surface area contributed by atoms with Gasteiger partial charge in [0.05, 0.1) is 53.7 Å². The number of halogens is 5. The van der Waals surface area contributed by atoms with E-state index in [4.69, 9.17) is 32.7 Å². The van der Waals surface area contributed by atoms with Crippen LogP contribution >= 0.6 is 23.2 Å². The molecule has 0 bridgehead atoms. The van der Waals surface area contributed by atoms with Gasteiger partial charge in [0.2, 0.25) is 11.8 Å². The third kappa shape index (κ3) is 6.72. The van der Waals surface area contributed by atoms with Gasteiger partial charge in [0.15, 0.2) is 5.82 Å². The lowest BCUT2D eigenvalue weighted by molar-refractivity contribution is -0.139. The molecule has 3 heterocycles. The highest BCUT2D eigenvalue weighted by Crippen LogP contribution is 2.66. The van der Waals surface area contributed by atoms with Gasteiger partial charge in [-0.25, -0.2) is 4.98 Å². The van der Waals surface area contributed by atoms with E-state index in [-0.39, 0.29) is 35.7 Å². The first-order chi connectivity index (χ1) is 30.2. The molecule has 0 radical (unpaired) electrons. The van der Waals surface area contributed by atoms with Crippen molar-refractivity contribution in [1.29, 1.82) is 0 Å². The van der Waals surface area contributed by atoms with E-state index in [2.05, 4.69) is 15.7 Å². The number of pyridine rings is 1. The number of para-hydroxylation sites is 1. The zero-order valence-corrected chi connectivity index (χ0v) is 34.8. The number of rotatable bonds is 9. The van der Waals surface area contributed by atoms with Gasteiger partial charge in [0.1, 0.15) is 17.2 Å². The summed E-state index contributed by atoms with van der Waals surface area (Å²) in [6.07, 6.45) is -2.51. The number of hydrogen-bond acceptors (Lipinski definition) is 10. The van der Waals surface area contributed by atoms with Crippen LogP contribution in [0.2, 0.25) is 10.0 Å². The number of phenolic OH excluding ortho intramolecular Hbond substituents is 1. The van der Waals surface area contributed by atoms with Crippen molar-refractivity contribution in [1.82, 2.24) is 9.99 Å². The smallest absolute Gasteiger partial charge is 0.417 e. The molecule has 0 unspecified atom stereocenters. The average molecular weight is 899 g/mol. The van der Waals surface area contributed by atoms with E-state index >= 15 is 9.59 Å². The van der Waals surface area contributed by atoms with Gasteiger partial charge in [0.25, 0.3) is 11.8 Å². The van der Waals surface area contributed by atoms with Crippen LogP contribution in [-0.4, -0.2) is 52.9 Å². The highest BCUT2D eigenvalue weighted by atomic mass is 35.5. The van der Waals surface area contributed by atoms with Crippen LogP contribution in [0.3, 0.4) is 0 Å². The molecule has 3 fully saturated rings. The quantitative estimate of drug-likeness (QED) is 0.0966. The van der Waals surface area contributed by atoms with Gasteiger partial charge in [-0.2, -0.15) is 18.2 Å². The van der Waals surface area contributed by atoms with Crippen LogP contribution in [-0.2, 0) is 30.8 Å². The number of carbonyl (C=O) groups is 4. The van der Waals surface area contributed by atoms with Crippen molar-refractivity contribution in [2.24, 2.45) is 23.7 Å². The first kappa shape index (κ1) is 41.8. The maximum Gasteiger partial charge on any atom is 0.417 e. The summed E-state index contributed by atoms with van der Waals surface area (Å²) in [5.41, 5.74) is 2.34. The highest BCUT2D eigenvalue weighted by Gasteiger charge is 2.71. The molecule has 12 nitrogen and oxygen atoms in total. The Balaban J connectivity index is 1.19. The van der Waals surface area contributed by atoms with Crippen molar-refractivity contribution < 1.29 is 46.9 Å². The minimum Gasteiger partial charge on any atom is -0.507 e. The number of methoxy groups -OCH3 is 2. The van der Waals surface area contributed by atoms with Crippen LogP contribution in [0.4, 0.5) is 36.1 Å². The second-order valence-corrected chi connectivity index (χ2v) is 16.6. The normalized spacial score (nSPS) is 24.1. The lowest BCUT2D eigenvalue weighted by atomic mass is 9.49. The summed E-state index contributed by atoms with van der Waals surface area (Å²) < 4.78 is 52.1. The van der Waals surface area contributed by atoms with E-state index in [0.717, 1.165) is 16.3 Å². The van der Waals surface area contributed by atoms with Gasteiger partial charge >= 0.3 is 6.18 Å². The molecule has 2 aliphatic carbocycles. The van der Waals surface area contributed by atoms with E-state index in [1.54, 1.807) is 54.6 Å². The summed E-state index contributed by atoms with van der Waals surface area (Å²) in [5.74, 6) is -8.30. The van der Waals surface area contributed by atoms with Crippen molar-refractivity contribution in [2.45, 2.75) is 30.4 Å². The molecule has 0 spiro atoms. The third-order valence-electron chi connectivity index (χ3n) is 12.6. The van der Waals surface area contributed by atoms with Gasteiger partial charge in [0, 0.05) is 46.2 Å². The van der Waals surface area contributed by atoms with Gasteiger partial charge in [-0.15, -0.1) is 0 Å². The predicted octanol–water partition coefficient (Wildman–Crippen LogP) is 9.06. The Morgan fingerprint density at radius 2 is 1.54 bits per heavy atom. The van der Waals surface area contributed by atoms with Crippen LogP contribution in [0.5, 0.6) is 17.2 Å². The molecule has 2 aliphatic heterocycles. The number of nitrogens with one attached hydrogen (secondary N) is 2. The second kappa shape index (κ2) is 15.6. The molecule has 5 aromatic rings. The fourth-order valence-corrected chi connectivity index (χ4v) is 10.2. The van der Waals surface area contributed by atoms with E-state index < -0.39 is 81.2 Å². The summed E-state index contributed by atoms with van der Waals surface area (Å²) in [4.78, 5) is 64.8. The lowest BCUT2D eigenvalue weighted by Crippen LogP contribution is -2.53. The van der Waals surface area contributed by atoms with Crippen molar-refractivity contribution in [3.63, 3.8) is 0 Å². The number of anilines is 4. The van der Waals surface area contributed by atoms with Gasteiger partial charge in [-0.1, -0.05) is 65.2 Å². The number of phenols is 1. The molecule has 63 heavy (non-hydrogen) atoms. The second-order valence-electron chi connectivity index (χ2n) is 15.7. The molecule has 2 saturated heterocycles. The molecule has 9 rings (SSSR count). The molecular weight excluding hydrogens is 862 g/mol. The zero-order chi connectivity index (χ0) is 44.5. The number of imide groups is 2. The summed E-state index contributed by atoms with van der Waals surface area (Å²) in [5, 5.41) is 15.7. The summed E-state index contributed by atoms with van der Waals surface area (Å²) in [6, 6.07) is 26.1. The molecule has 4 amide bonds. The van der Waals surface area contributed by atoms with Gasteiger partial charge in [-0.05, 0) is 78.9 Å². The SMILES string of the molecule is COc1cc(O)c([C@H]2C3=CC[C@@H]4C(=O)N(c5ccc(Nc6ccccc6)cc5)C(=O)[C@@H]4[C@@H]3C[C@H]3C(=O)N(Nc4ncc(C(F)(F)F)cc4Cl)C(=O)[C@@]23c2ccc(Cl)cc2)c(OC)c1. The number of hydrazine groups is 1. The number of carbonyl (C=O) groups excluding carboxylic acids is 4. The molecule has 3 N–H and O–H groups in total. The maximum absolute atomic E-state index is 15.6. The molecule has 6 atom stereocenters. The average Bonchev–Trinajstić information content (AvgIpc) is 3.65. The topological polar surface area (TPSA) is 150 Å². The fourth-order valence-electron chi connectivity index (χ4n) is 9.90. The molecule has 17 heteroatoms. The third-order valence-corrected chi connectivity index (χ3v) is 13.1. The van der Waals surface area contributed by atoms with Gasteiger partial charge in [-0.3, -0.25) is 29.5 Å². The number of hydrogen-bond donors (Lipinski definition) is 3. The minimum absolute atomic E-state index is 0.0809. The predicted molar refractivity (Wildman–Crippen MR) is 227 cm³/mol. The molecule has 4 aliphatic rings. The Morgan fingerprint density at radius 1 is 0.841 bits per heavy atom. The molecule has 4 aromatic carbocycles. The van der Waals surface area contributed by atoms with Crippen LogP contribution in [0, 0.1) is 23.7 Å². The summed E-state index contributed by atoms with van der Waals surface area (Å²) >= 11 is 12.7. The van der Waals surface area contributed by atoms with Gasteiger partial charge < -0.3 is 19.9 Å². The van der Waals surface area contributed by atoms with E-state index in [1.807, 2.05) is 30.3 Å². The van der Waals surface area contributed by atoms with Crippen LogP contribution in [0.15, 0.2) is 115 Å². The van der Waals surface area contributed by atoms with E-state index in [9.17, 15) is 27.9 Å². The largest absolute Gasteiger partial charge is 0.507 e. The lowest BCUT2D eigenvalue weighted by Gasteiger charge is -2.50. The molecular formula is C46H36Cl2F3N5O7. The standard InChI is InChI=1S/C46H36Cl2F3N5O7/c1-62-29-19-35(57)38(36(20-29)63-2)39-30-16-17-31-37(43(60)55(41(31)58)28-14-12-27(13-15-28)53-26-6-4-3-5-7-26)32(30)21-33-42(59)56(44(61)45(33,39)23-8-10-25(47)11-9-23)54-40-34(48)18-24(22-52-40)46(49,50)51/h3-16,18-20,22,31-33,37,39,53,57H,17,21H2,1-2H3,(H,52,54)/t31-,32+,33-,37-,39+,45+/m0/s1. The summed E-state index contributed by atoms with van der Waals surface area (Å²) in [7, 11) is 2.76. The number of nitrogens with zero attached hydrogens (tertiary/aromatic N) is 3. The monoisotopic (exact) mass is 897 g/mol. The Bertz CT molecular complexity index is 2720. The van der Waals surface area contributed by atoms with Crippen LogP contribution in [0.1, 0.15) is 35.4 Å². The van der Waals surface area contributed by atoms with Crippen molar-refractivity contribution >= 4 is 69.7 Å². The zero-order valence-electron chi connectivity index (χ0n) is 33.3. The number of aromatic nitrogens is 1. The Kier molecular flexibility index (Phi) is 10.4. The Labute approximate surface area is 368 Å². The van der Waals surface area contributed by atoms with Crippen molar-refractivity contribution in [2.75, 3.05) is 29.9 Å². The van der Waals surface area contributed by atoms with Crippen molar-refractivity contribution in [3.05, 3.63) is 142 Å². The van der Waals surface area contributed by atoms with Crippen molar-refractivity contribution in [3.8, 4) is 17.2 Å². The number of allylic oxidation sites excluding steroid dienone is 2. The number of benzene rings is 4.